The van der Waals surface area contributed by atoms with Crippen LogP contribution in [-0.2, 0) is 4.79 Å². The van der Waals surface area contributed by atoms with Gasteiger partial charge >= 0.3 is 0 Å². The fraction of sp³-hybridized carbons (Fsp3) is 0.444. The van der Waals surface area contributed by atoms with Crippen LogP contribution in [-0.4, -0.2) is 22.3 Å². The number of hydrogen-bond acceptors (Lipinski definition) is 3. The highest BCUT2D eigenvalue weighted by Gasteiger charge is 2.47. The first-order valence-electron chi connectivity index (χ1n) is 8.19. The molecule has 1 aromatic carbocycles. The van der Waals surface area contributed by atoms with E-state index in [0.29, 0.717) is 11.8 Å². The van der Waals surface area contributed by atoms with E-state index in [0.717, 1.165) is 35.8 Å². The van der Waals surface area contributed by atoms with Gasteiger partial charge in [-0.1, -0.05) is 23.7 Å². The van der Waals surface area contributed by atoms with Crippen molar-refractivity contribution < 1.29 is 4.79 Å². The van der Waals surface area contributed by atoms with Crippen molar-refractivity contribution in [2.45, 2.75) is 37.6 Å². The summed E-state index contributed by atoms with van der Waals surface area (Å²) in [5, 5.41) is 3.83. The van der Waals surface area contributed by atoms with Crippen LogP contribution < -0.4 is 0 Å². The van der Waals surface area contributed by atoms with Gasteiger partial charge in [0, 0.05) is 29.1 Å². The Bertz CT molecular complexity index is 703. The van der Waals surface area contributed by atoms with Crippen molar-refractivity contribution in [1.29, 1.82) is 0 Å². The Labute approximate surface area is 145 Å². The van der Waals surface area contributed by atoms with Crippen molar-refractivity contribution >= 4 is 28.8 Å². The fourth-order valence-electron chi connectivity index (χ4n) is 3.64. The number of nitrogens with zero attached hydrogens (tertiary/aromatic N) is 2. The Balaban J connectivity index is 1.50. The summed E-state index contributed by atoms with van der Waals surface area (Å²) in [6.45, 7) is 0.863. The maximum Gasteiger partial charge on any atom is 0.226 e. The van der Waals surface area contributed by atoms with Gasteiger partial charge in [-0.25, -0.2) is 4.98 Å². The largest absolute Gasteiger partial charge is 0.333 e. The van der Waals surface area contributed by atoms with Gasteiger partial charge in [-0.2, -0.15) is 0 Å². The van der Waals surface area contributed by atoms with Crippen LogP contribution in [0.25, 0.3) is 0 Å². The number of likely N-dealkylation sites (tertiary alicyclic amines) is 1. The number of amides is 1. The zero-order chi connectivity index (χ0) is 15.8. The number of aromatic nitrogens is 1. The zero-order valence-electron chi connectivity index (χ0n) is 12.8. The van der Waals surface area contributed by atoms with Gasteiger partial charge in [0.05, 0.1) is 6.04 Å². The van der Waals surface area contributed by atoms with E-state index < -0.39 is 0 Å². The molecule has 1 amide bonds. The van der Waals surface area contributed by atoms with E-state index in [1.54, 1.807) is 11.3 Å². The maximum absolute atomic E-state index is 13.0. The number of benzene rings is 1. The third-order valence-corrected chi connectivity index (χ3v) is 6.02. The van der Waals surface area contributed by atoms with Crippen LogP contribution >= 0.6 is 22.9 Å². The summed E-state index contributed by atoms with van der Waals surface area (Å²) in [7, 11) is 0. The van der Waals surface area contributed by atoms with Crippen LogP contribution in [0.3, 0.4) is 0 Å². The van der Waals surface area contributed by atoms with Crippen LogP contribution in [0.5, 0.6) is 0 Å². The first-order chi connectivity index (χ1) is 11.2. The van der Waals surface area contributed by atoms with E-state index in [2.05, 4.69) is 16.0 Å². The zero-order valence-corrected chi connectivity index (χ0v) is 14.4. The number of carbonyl (C=O) groups is 1. The minimum atomic E-state index is 0.119. The molecule has 4 rings (SSSR count). The molecule has 1 aliphatic carbocycles. The maximum atomic E-state index is 13.0. The molecule has 1 aliphatic heterocycles. The molecule has 3 atom stereocenters. The number of halogens is 1. The molecule has 0 bridgehead atoms. The second-order valence-corrected chi connectivity index (χ2v) is 7.78. The van der Waals surface area contributed by atoms with Crippen molar-refractivity contribution in [2.75, 3.05) is 6.54 Å². The average molecular weight is 347 g/mol. The molecule has 5 heteroatoms. The molecule has 2 fully saturated rings. The normalized spacial score (nSPS) is 27.0. The number of rotatable bonds is 3. The van der Waals surface area contributed by atoms with Crippen LogP contribution in [0.1, 0.15) is 48.2 Å². The Morgan fingerprint density at radius 2 is 2.26 bits per heavy atom. The number of thiazole rings is 1. The minimum absolute atomic E-state index is 0.119. The molecule has 23 heavy (non-hydrogen) atoms. The molecule has 120 valence electrons. The highest BCUT2D eigenvalue weighted by molar-refractivity contribution is 7.09. The van der Waals surface area contributed by atoms with Gasteiger partial charge in [0.25, 0.3) is 0 Å². The lowest BCUT2D eigenvalue weighted by Gasteiger charge is -2.34. The van der Waals surface area contributed by atoms with Crippen LogP contribution in [0.4, 0.5) is 0 Å². The lowest BCUT2D eigenvalue weighted by molar-refractivity contribution is -0.136. The third kappa shape index (κ3) is 3.02. The molecule has 2 aromatic rings. The number of carbonyl (C=O) groups excluding carboxylic acids is 1. The minimum Gasteiger partial charge on any atom is -0.333 e. The highest BCUT2D eigenvalue weighted by atomic mass is 35.5. The third-order valence-electron chi connectivity index (χ3n) is 4.91. The van der Waals surface area contributed by atoms with Gasteiger partial charge in [0.1, 0.15) is 5.01 Å². The van der Waals surface area contributed by atoms with Gasteiger partial charge in [0.2, 0.25) is 5.91 Å². The summed E-state index contributed by atoms with van der Waals surface area (Å²) in [6, 6.07) is 8.10. The second-order valence-electron chi connectivity index (χ2n) is 6.42. The summed E-state index contributed by atoms with van der Waals surface area (Å²) in [5.41, 5.74) is 1.19. The standard InChI is InChI=1S/C18H19ClN2OS/c19-13-5-3-4-12(10-13)14-11-15(14)18(22)21-8-2-1-6-16(21)17-20-7-9-23-17/h3-5,7,9-10,14-16H,1-2,6,8,11H2/t14-,15+,16-/m0/s1. The molecule has 0 radical (unpaired) electrons. The van der Waals surface area contributed by atoms with Gasteiger partial charge in [-0.15, -0.1) is 11.3 Å². The Morgan fingerprint density at radius 1 is 1.35 bits per heavy atom. The Morgan fingerprint density at radius 3 is 3.04 bits per heavy atom. The molecule has 0 N–H and O–H groups in total. The van der Waals surface area contributed by atoms with Gasteiger partial charge in [-0.3, -0.25) is 4.79 Å². The summed E-state index contributed by atoms with van der Waals surface area (Å²) in [5.74, 6) is 0.754. The van der Waals surface area contributed by atoms with Crippen LogP contribution in [0.15, 0.2) is 35.8 Å². The molecular formula is C18H19ClN2OS. The topological polar surface area (TPSA) is 33.2 Å². The molecule has 1 saturated heterocycles. The first kappa shape index (κ1) is 15.2. The molecule has 0 unspecified atom stereocenters. The number of hydrogen-bond donors (Lipinski definition) is 0. The van der Waals surface area contributed by atoms with Gasteiger partial charge in [0.15, 0.2) is 0 Å². The van der Waals surface area contributed by atoms with Crippen molar-refractivity contribution in [3.05, 3.63) is 51.4 Å². The van der Waals surface area contributed by atoms with Crippen molar-refractivity contribution in [3.8, 4) is 0 Å². The Kier molecular flexibility index (Phi) is 4.12. The molecule has 1 saturated carbocycles. The fourth-order valence-corrected chi connectivity index (χ4v) is 4.62. The van der Waals surface area contributed by atoms with Crippen molar-refractivity contribution in [3.63, 3.8) is 0 Å². The van der Waals surface area contributed by atoms with Crippen molar-refractivity contribution in [2.24, 2.45) is 5.92 Å². The van der Waals surface area contributed by atoms with E-state index >= 15 is 0 Å². The predicted molar refractivity (Wildman–Crippen MR) is 92.7 cm³/mol. The molecular weight excluding hydrogens is 328 g/mol. The second kappa shape index (κ2) is 6.25. The first-order valence-corrected chi connectivity index (χ1v) is 9.45. The van der Waals surface area contributed by atoms with Crippen molar-refractivity contribution in [1.82, 2.24) is 9.88 Å². The lowest BCUT2D eigenvalue weighted by atomic mass is 10.0. The predicted octanol–water partition coefficient (Wildman–Crippen LogP) is 4.65. The average Bonchev–Trinajstić information content (AvgIpc) is 3.19. The van der Waals surface area contributed by atoms with E-state index in [4.69, 9.17) is 11.6 Å². The SMILES string of the molecule is O=C([C@@H]1C[C@H]1c1cccc(Cl)c1)N1CCCC[C@H]1c1nccs1. The van der Waals surface area contributed by atoms with E-state index in [9.17, 15) is 4.79 Å². The van der Waals surface area contributed by atoms with E-state index in [1.165, 1.54) is 12.0 Å². The number of piperidine rings is 1. The molecule has 0 spiro atoms. The molecule has 3 nitrogen and oxygen atoms in total. The van der Waals surface area contributed by atoms with Gasteiger partial charge < -0.3 is 4.90 Å². The quantitative estimate of drug-likeness (QED) is 0.810. The van der Waals surface area contributed by atoms with Gasteiger partial charge in [-0.05, 0) is 49.3 Å². The molecule has 2 heterocycles. The summed E-state index contributed by atoms with van der Waals surface area (Å²) in [4.78, 5) is 19.5. The molecule has 2 aliphatic rings. The molecule has 1 aromatic heterocycles. The lowest BCUT2D eigenvalue weighted by Crippen LogP contribution is -2.39. The summed E-state index contributed by atoms with van der Waals surface area (Å²) in [6.07, 6.45) is 6.09. The van der Waals surface area contributed by atoms with Crippen LogP contribution in [0, 0.1) is 5.92 Å². The monoisotopic (exact) mass is 346 g/mol. The Hall–Kier alpha value is -1.39. The smallest absolute Gasteiger partial charge is 0.226 e. The summed E-state index contributed by atoms with van der Waals surface area (Å²) >= 11 is 7.74. The highest BCUT2D eigenvalue weighted by Crippen LogP contribution is 2.50. The van der Waals surface area contributed by atoms with Crippen LogP contribution in [0.2, 0.25) is 5.02 Å². The van der Waals surface area contributed by atoms with E-state index in [1.807, 2.05) is 29.8 Å². The summed E-state index contributed by atoms with van der Waals surface area (Å²) < 4.78 is 0. The van der Waals surface area contributed by atoms with E-state index in [-0.39, 0.29) is 12.0 Å².